The molecule has 19 heavy (non-hydrogen) atoms. The summed E-state index contributed by atoms with van der Waals surface area (Å²) in [5, 5.41) is 2.63. The lowest BCUT2D eigenvalue weighted by molar-refractivity contribution is 0.102. The lowest BCUT2D eigenvalue weighted by atomic mass is 10.1. The molecule has 0 aliphatic rings. The van der Waals surface area contributed by atoms with E-state index in [1.54, 1.807) is 25.1 Å². The molecule has 0 fully saturated rings. The third-order valence-corrected chi connectivity index (χ3v) is 3.07. The summed E-state index contributed by atoms with van der Waals surface area (Å²) in [7, 11) is 0. The molecule has 0 bridgehead atoms. The zero-order valence-electron chi connectivity index (χ0n) is 10.2. The van der Waals surface area contributed by atoms with E-state index < -0.39 is 11.7 Å². The highest BCUT2D eigenvalue weighted by Crippen LogP contribution is 2.24. The number of nitrogen functional groups attached to an aromatic ring is 1. The van der Waals surface area contributed by atoms with E-state index in [0.29, 0.717) is 5.69 Å². The number of anilines is 2. The van der Waals surface area contributed by atoms with Crippen LogP contribution in [-0.2, 0) is 0 Å². The van der Waals surface area contributed by atoms with Crippen molar-refractivity contribution in [3.8, 4) is 0 Å². The van der Waals surface area contributed by atoms with Crippen molar-refractivity contribution in [2.45, 2.75) is 6.92 Å². The number of nitrogens with two attached hydrogens (primary N) is 1. The molecule has 3 N–H and O–H groups in total. The Morgan fingerprint density at radius 2 is 2.05 bits per heavy atom. The van der Waals surface area contributed by atoms with Gasteiger partial charge in [0.1, 0.15) is 5.82 Å². The van der Waals surface area contributed by atoms with Crippen molar-refractivity contribution in [1.29, 1.82) is 0 Å². The van der Waals surface area contributed by atoms with Crippen LogP contribution in [0.25, 0.3) is 0 Å². The molecule has 0 aliphatic heterocycles. The number of benzene rings is 2. The lowest BCUT2D eigenvalue weighted by Crippen LogP contribution is -2.14. The smallest absolute Gasteiger partial charge is 0.257 e. The van der Waals surface area contributed by atoms with E-state index in [-0.39, 0.29) is 16.3 Å². The van der Waals surface area contributed by atoms with Gasteiger partial charge in [-0.15, -0.1) is 0 Å². The minimum absolute atomic E-state index is 0.106. The van der Waals surface area contributed by atoms with E-state index >= 15 is 0 Å². The van der Waals surface area contributed by atoms with Crippen LogP contribution in [0.4, 0.5) is 15.8 Å². The molecule has 0 atom stereocenters. The highest BCUT2D eigenvalue weighted by Gasteiger charge is 2.14. The van der Waals surface area contributed by atoms with Gasteiger partial charge in [-0.3, -0.25) is 4.79 Å². The van der Waals surface area contributed by atoms with Gasteiger partial charge < -0.3 is 11.1 Å². The second-order valence-electron chi connectivity index (χ2n) is 4.15. The van der Waals surface area contributed by atoms with Gasteiger partial charge in [0.25, 0.3) is 5.91 Å². The first-order chi connectivity index (χ1) is 8.99. The normalized spacial score (nSPS) is 10.3. The summed E-state index contributed by atoms with van der Waals surface area (Å²) in [5.74, 6) is -0.992. The zero-order valence-corrected chi connectivity index (χ0v) is 11.0. The number of amides is 1. The maximum atomic E-state index is 13.6. The SMILES string of the molecule is Cc1ccc(NC(=O)c2cccc(N)c2Cl)c(F)c1. The van der Waals surface area contributed by atoms with Gasteiger partial charge in [0.05, 0.1) is 22.0 Å². The molecule has 0 aromatic heterocycles. The van der Waals surface area contributed by atoms with E-state index in [1.807, 2.05) is 0 Å². The quantitative estimate of drug-likeness (QED) is 0.824. The molecule has 98 valence electrons. The Labute approximate surface area is 115 Å². The number of rotatable bonds is 2. The summed E-state index contributed by atoms with van der Waals surface area (Å²) in [4.78, 5) is 12.0. The number of carbonyl (C=O) groups excluding carboxylic acids is 1. The molecule has 2 aromatic carbocycles. The molecule has 0 spiro atoms. The molecule has 0 unspecified atom stereocenters. The van der Waals surface area contributed by atoms with Crippen LogP contribution in [0.2, 0.25) is 5.02 Å². The summed E-state index contributed by atoms with van der Waals surface area (Å²) in [5.41, 5.74) is 7.01. The lowest BCUT2D eigenvalue weighted by Gasteiger charge is -2.09. The minimum Gasteiger partial charge on any atom is -0.398 e. The molecular weight excluding hydrogens is 267 g/mol. The van der Waals surface area contributed by atoms with Gasteiger partial charge in [0, 0.05) is 0 Å². The second-order valence-corrected chi connectivity index (χ2v) is 4.52. The first kappa shape index (κ1) is 13.4. The molecule has 1 amide bonds. The Kier molecular flexibility index (Phi) is 3.71. The highest BCUT2D eigenvalue weighted by atomic mass is 35.5. The van der Waals surface area contributed by atoms with Gasteiger partial charge in [0.15, 0.2) is 0 Å². The van der Waals surface area contributed by atoms with Crippen LogP contribution < -0.4 is 11.1 Å². The summed E-state index contributed by atoms with van der Waals surface area (Å²) >= 11 is 5.94. The van der Waals surface area contributed by atoms with E-state index in [1.165, 1.54) is 18.2 Å². The predicted octanol–water partition coefficient (Wildman–Crippen LogP) is 3.62. The molecule has 0 aliphatic carbocycles. The summed E-state index contributed by atoms with van der Waals surface area (Å²) in [6.45, 7) is 1.77. The fraction of sp³-hybridized carbons (Fsp3) is 0.0714. The van der Waals surface area contributed by atoms with E-state index in [9.17, 15) is 9.18 Å². The van der Waals surface area contributed by atoms with Crippen LogP contribution in [0.5, 0.6) is 0 Å². The summed E-state index contributed by atoms with van der Waals surface area (Å²) in [6, 6.07) is 9.28. The number of halogens is 2. The number of aryl methyl sites for hydroxylation is 1. The monoisotopic (exact) mass is 278 g/mol. The largest absolute Gasteiger partial charge is 0.398 e. The number of hydrogen-bond acceptors (Lipinski definition) is 2. The van der Waals surface area contributed by atoms with Crippen molar-refractivity contribution in [2.75, 3.05) is 11.1 Å². The predicted molar refractivity (Wildman–Crippen MR) is 75.0 cm³/mol. The Morgan fingerprint density at radius 1 is 1.32 bits per heavy atom. The van der Waals surface area contributed by atoms with Gasteiger partial charge in [-0.25, -0.2) is 4.39 Å². The van der Waals surface area contributed by atoms with Crippen molar-refractivity contribution in [3.63, 3.8) is 0 Å². The molecule has 3 nitrogen and oxygen atoms in total. The Bertz CT molecular complexity index is 643. The number of carbonyl (C=O) groups is 1. The molecule has 0 radical (unpaired) electrons. The molecule has 2 rings (SSSR count). The maximum absolute atomic E-state index is 13.6. The average molecular weight is 279 g/mol. The van der Waals surface area contributed by atoms with Gasteiger partial charge in [0.2, 0.25) is 0 Å². The van der Waals surface area contributed by atoms with Crippen LogP contribution in [0.15, 0.2) is 36.4 Å². The van der Waals surface area contributed by atoms with Crippen molar-refractivity contribution in [2.24, 2.45) is 0 Å². The summed E-state index contributed by atoms with van der Waals surface area (Å²) in [6.07, 6.45) is 0. The van der Waals surface area contributed by atoms with Crippen LogP contribution in [0.1, 0.15) is 15.9 Å². The van der Waals surface area contributed by atoms with Crippen LogP contribution in [0.3, 0.4) is 0 Å². The first-order valence-corrected chi connectivity index (χ1v) is 5.98. The van der Waals surface area contributed by atoms with Gasteiger partial charge >= 0.3 is 0 Å². The molecule has 0 heterocycles. The van der Waals surface area contributed by atoms with Gasteiger partial charge in [-0.05, 0) is 36.8 Å². The average Bonchev–Trinajstić information content (AvgIpc) is 2.36. The zero-order chi connectivity index (χ0) is 14.0. The van der Waals surface area contributed by atoms with Gasteiger partial charge in [-0.1, -0.05) is 23.7 Å². The van der Waals surface area contributed by atoms with Crippen LogP contribution in [0, 0.1) is 12.7 Å². The molecule has 5 heteroatoms. The van der Waals surface area contributed by atoms with Gasteiger partial charge in [-0.2, -0.15) is 0 Å². The third-order valence-electron chi connectivity index (χ3n) is 2.65. The van der Waals surface area contributed by atoms with Crippen LogP contribution in [-0.4, -0.2) is 5.91 Å². The molecule has 0 saturated carbocycles. The Balaban J connectivity index is 2.28. The molecule has 2 aromatic rings. The fourth-order valence-corrected chi connectivity index (χ4v) is 1.85. The van der Waals surface area contributed by atoms with Crippen molar-refractivity contribution >= 4 is 28.9 Å². The third kappa shape index (κ3) is 2.85. The molecule has 0 saturated heterocycles. The first-order valence-electron chi connectivity index (χ1n) is 5.60. The fourth-order valence-electron chi connectivity index (χ4n) is 1.64. The Morgan fingerprint density at radius 3 is 2.74 bits per heavy atom. The number of nitrogens with one attached hydrogen (secondary N) is 1. The van der Waals surface area contributed by atoms with Crippen molar-refractivity contribution < 1.29 is 9.18 Å². The van der Waals surface area contributed by atoms with E-state index in [4.69, 9.17) is 17.3 Å². The Hall–Kier alpha value is -2.07. The van der Waals surface area contributed by atoms with E-state index in [2.05, 4.69) is 5.32 Å². The van der Waals surface area contributed by atoms with E-state index in [0.717, 1.165) is 5.56 Å². The number of hydrogen-bond donors (Lipinski definition) is 2. The topological polar surface area (TPSA) is 55.1 Å². The second kappa shape index (κ2) is 5.28. The highest BCUT2D eigenvalue weighted by molar-refractivity contribution is 6.36. The maximum Gasteiger partial charge on any atom is 0.257 e. The van der Waals surface area contributed by atoms with Crippen LogP contribution >= 0.6 is 11.6 Å². The van der Waals surface area contributed by atoms with Crippen molar-refractivity contribution in [1.82, 2.24) is 0 Å². The molecular formula is C14H12ClFN2O. The van der Waals surface area contributed by atoms with Crippen molar-refractivity contribution in [3.05, 3.63) is 58.4 Å². The minimum atomic E-state index is -0.500. The summed E-state index contributed by atoms with van der Waals surface area (Å²) < 4.78 is 13.6. The standard InChI is InChI=1S/C14H12ClFN2O/c1-8-5-6-12(10(16)7-8)18-14(19)9-3-2-4-11(17)13(9)15/h2-7H,17H2,1H3,(H,18,19).